The summed E-state index contributed by atoms with van der Waals surface area (Å²) in [4.78, 5) is 12.3. The van der Waals surface area contributed by atoms with E-state index in [1.807, 2.05) is 13.8 Å². The van der Waals surface area contributed by atoms with Gasteiger partial charge in [0, 0.05) is 17.2 Å². The van der Waals surface area contributed by atoms with Gasteiger partial charge in [-0.15, -0.1) is 0 Å². The van der Waals surface area contributed by atoms with Crippen molar-refractivity contribution in [1.29, 1.82) is 0 Å². The largest absolute Gasteiger partial charge is 0.496 e. The molecule has 0 aromatic heterocycles. The van der Waals surface area contributed by atoms with Crippen LogP contribution in [0.3, 0.4) is 0 Å². The van der Waals surface area contributed by atoms with E-state index in [0.29, 0.717) is 23.0 Å². The number of methoxy groups -OCH3 is 2. The Hall–Kier alpha value is -1.71. The van der Waals surface area contributed by atoms with Crippen LogP contribution < -0.4 is 14.8 Å². The third kappa shape index (κ3) is 4.96. The van der Waals surface area contributed by atoms with Crippen LogP contribution in [0.25, 0.3) is 0 Å². The number of ether oxygens (including phenoxy) is 2. The summed E-state index contributed by atoms with van der Waals surface area (Å²) in [6.07, 6.45) is 2.07. The van der Waals surface area contributed by atoms with Gasteiger partial charge < -0.3 is 14.8 Å². The van der Waals surface area contributed by atoms with E-state index in [1.165, 1.54) is 0 Å². The SMILES string of the molecule is COc1cc(C(=O)NC(C)CCC(C)C)cc(OC)c1C. The molecule has 0 saturated heterocycles. The van der Waals surface area contributed by atoms with Crippen molar-refractivity contribution in [1.82, 2.24) is 5.32 Å². The molecule has 0 bridgehead atoms. The van der Waals surface area contributed by atoms with Crippen LogP contribution in [0.15, 0.2) is 12.1 Å². The molecule has 118 valence electrons. The number of rotatable bonds is 7. The van der Waals surface area contributed by atoms with E-state index >= 15 is 0 Å². The third-order valence-electron chi connectivity index (χ3n) is 3.57. The summed E-state index contributed by atoms with van der Waals surface area (Å²) in [6.45, 7) is 8.31. The second-order valence-corrected chi connectivity index (χ2v) is 5.85. The minimum Gasteiger partial charge on any atom is -0.496 e. The van der Waals surface area contributed by atoms with E-state index in [-0.39, 0.29) is 11.9 Å². The smallest absolute Gasteiger partial charge is 0.251 e. The molecule has 0 saturated carbocycles. The highest BCUT2D eigenvalue weighted by atomic mass is 16.5. The lowest BCUT2D eigenvalue weighted by molar-refractivity contribution is 0.0936. The van der Waals surface area contributed by atoms with Gasteiger partial charge in [-0.2, -0.15) is 0 Å². The maximum atomic E-state index is 12.3. The van der Waals surface area contributed by atoms with E-state index in [4.69, 9.17) is 9.47 Å². The quantitative estimate of drug-likeness (QED) is 0.836. The molecule has 1 aromatic carbocycles. The van der Waals surface area contributed by atoms with Crippen molar-refractivity contribution in [3.63, 3.8) is 0 Å². The van der Waals surface area contributed by atoms with E-state index in [9.17, 15) is 4.79 Å². The summed E-state index contributed by atoms with van der Waals surface area (Å²) in [6, 6.07) is 3.66. The summed E-state index contributed by atoms with van der Waals surface area (Å²) < 4.78 is 10.6. The Labute approximate surface area is 127 Å². The molecule has 0 heterocycles. The van der Waals surface area contributed by atoms with Crippen LogP contribution in [-0.4, -0.2) is 26.2 Å². The number of hydrogen-bond acceptors (Lipinski definition) is 3. The zero-order valence-corrected chi connectivity index (χ0v) is 13.9. The first-order valence-corrected chi connectivity index (χ1v) is 7.42. The number of hydrogen-bond donors (Lipinski definition) is 1. The molecule has 0 radical (unpaired) electrons. The van der Waals surface area contributed by atoms with Crippen molar-refractivity contribution < 1.29 is 14.3 Å². The van der Waals surface area contributed by atoms with Gasteiger partial charge in [0.1, 0.15) is 11.5 Å². The van der Waals surface area contributed by atoms with Gasteiger partial charge in [-0.05, 0) is 44.7 Å². The monoisotopic (exact) mass is 293 g/mol. The second kappa shape index (κ2) is 7.91. The van der Waals surface area contributed by atoms with Crippen LogP contribution in [0.4, 0.5) is 0 Å². The predicted octanol–water partition coefficient (Wildman–Crippen LogP) is 3.57. The summed E-state index contributed by atoms with van der Waals surface area (Å²) in [5.74, 6) is 1.87. The van der Waals surface area contributed by atoms with Crippen molar-refractivity contribution in [2.75, 3.05) is 14.2 Å². The van der Waals surface area contributed by atoms with Gasteiger partial charge in [0.15, 0.2) is 0 Å². The molecule has 21 heavy (non-hydrogen) atoms. The first-order valence-electron chi connectivity index (χ1n) is 7.42. The number of amides is 1. The van der Waals surface area contributed by atoms with Crippen LogP contribution in [0.1, 0.15) is 49.5 Å². The lowest BCUT2D eigenvalue weighted by Gasteiger charge is -2.17. The molecule has 0 aliphatic rings. The van der Waals surface area contributed by atoms with Crippen LogP contribution in [0.5, 0.6) is 11.5 Å². The van der Waals surface area contributed by atoms with Crippen molar-refractivity contribution in [2.24, 2.45) is 5.92 Å². The van der Waals surface area contributed by atoms with Gasteiger partial charge in [-0.3, -0.25) is 4.79 Å². The molecule has 1 amide bonds. The Morgan fingerprint density at radius 3 is 2.05 bits per heavy atom. The highest BCUT2D eigenvalue weighted by Crippen LogP contribution is 2.29. The van der Waals surface area contributed by atoms with Gasteiger partial charge in [-0.25, -0.2) is 0 Å². The Kier molecular flexibility index (Phi) is 6.53. The highest BCUT2D eigenvalue weighted by molar-refractivity contribution is 5.95. The van der Waals surface area contributed by atoms with Gasteiger partial charge in [0.2, 0.25) is 0 Å². The Morgan fingerprint density at radius 2 is 1.62 bits per heavy atom. The Bertz CT molecular complexity index is 458. The van der Waals surface area contributed by atoms with Gasteiger partial charge in [0.05, 0.1) is 14.2 Å². The second-order valence-electron chi connectivity index (χ2n) is 5.85. The van der Waals surface area contributed by atoms with Gasteiger partial charge >= 0.3 is 0 Å². The Balaban J connectivity index is 2.82. The fourth-order valence-corrected chi connectivity index (χ4v) is 2.18. The molecular weight excluding hydrogens is 266 g/mol. The van der Waals surface area contributed by atoms with Crippen molar-refractivity contribution in [2.45, 2.75) is 46.6 Å². The molecule has 0 spiro atoms. The van der Waals surface area contributed by atoms with Crippen molar-refractivity contribution in [3.8, 4) is 11.5 Å². The van der Waals surface area contributed by atoms with Crippen LogP contribution in [-0.2, 0) is 0 Å². The van der Waals surface area contributed by atoms with E-state index in [2.05, 4.69) is 19.2 Å². The van der Waals surface area contributed by atoms with Crippen LogP contribution in [0.2, 0.25) is 0 Å². The third-order valence-corrected chi connectivity index (χ3v) is 3.57. The van der Waals surface area contributed by atoms with Crippen molar-refractivity contribution in [3.05, 3.63) is 23.3 Å². The zero-order chi connectivity index (χ0) is 16.0. The zero-order valence-electron chi connectivity index (χ0n) is 13.9. The molecule has 4 nitrogen and oxygen atoms in total. The molecule has 4 heteroatoms. The van der Waals surface area contributed by atoms with Gasteiger partial charge in [0.25, 0.3) is 5.91 Å². The molecule has 1 N–H and O–H groups in total. The minimum atomic E-state index is -0.0946. The molecule has 1 unspecified atom stereocenters. The molecule has 1 aromatic rings. The first kappa shape index (κ1) is 17.3. The average molecular weight is 293 g/mol. The maximum Gasteiger partial charge on any atom is 0.251 e. The van der Waals surface area contributed by atoms with E-state index in [1.54, 1.807) is 26.4 Å². The fraction of sp³-hybridized carbons (Fsp3) is 0.588. The predicted molar refractivity (Wildman–Crippen MR) is 85.3 cm³/mol. The van der Waals surface area contributed by atoms with Crippen molar-refractivity contribution >= 4 is 5.91 Å². The first-order chi connectivity index (χ1) is 9.88. The molecule has 1 rings (SSSR count). The fourth-order valence-electron chi connectivity index (χ4n) is 2.18. The standard InChI is InChI=1S/C17H27NO3/c1-11(2)7-8-12(3)18-17(19)14-9-15(20-5)13(4)16(10-14)21-6/h9-12H,7-8H2,1-6H3,(H,18,19). The summed E-state index contributed by atoms with van der Waals surface area (Å²) in [7, 11) is 3.18. The lowest BCUT2D eigenvalue weighted by Crippen LogP contribution is -2.32. The van der Waals surface area contributed by atoms with Crippen LogP contribution >= 0.6 is 0 Å². The normalized spacial score (nSPS) is 12.1. The average Bonchev–Trinajstić information content (AvgIpc) is 2.45. The van der Waals surface area contributed by atoms with Crippen LogP contribution in [0, 0.1) is 12.8 Å². The highest BCUT2D eigenvalue weighted by Gasteiger charge is 2.15. The Morgan fingerprint density at radius 1 is 1.10 bits per heavy atom. The van der Waals surface area contributed by atoms with Gasteiger partial charge in [-0.1, -0.05) is 13.8 Å². The topological polar surface area (TPSA) is 47.6 Å². The van der Waals surface area contributed by atoms with E-state index in [0.717, 1.165) is 18.4 Å². The lowest BCUT2D eigenvalue weighted by atomic mass is 10.0. The number of nitrogens with one attached hydrogen (secondary N) is 1. The molecule has 0 fully saturated rings. The maximum absolute atomic E-state index is 12.3. The molecular formula is C17H27NO3. The molecule has 1 atom stereocenters. The minimum absolute atomic E-state index is 0.0946. The molecule has 0 aliphatic carbocycles. The number of benzene rings is 1. The summed E-state index contributed by atoms with van der Waals surface area (Å²) in [5.41, 5.74) is 1.45. The number of carbonyl (C=O) groups is 1. The van der Waals surface area contributed by atoms with E-state index < -0.39 is 0 Å². The number of carbonyl (C=O) groups excluding carboxylic acids is 1. The molecule has 0 aliphatic heterocycles. The summed E-state index contributed by atoms with van der Waals surface area (Å²) in [5, 5.41) is 3.02. The summed E-state index contributed by atoms with van der Waals surface area (Å²) >= 11 is 0.